The van der Waals surface area contributed by atoms with Crippen molar-refractivity contribution in [3.8, 4) is 0 Å². The largest absolute Gasteiger partial charge is 0.370 e. The van der Waals surface area contributed by atoms with Crippen LogP contribution in [0, 0.1) is 11.7 Å². The van der Waals surface area contributed by atoms with Gasteiger partial charge in [-0.1, -0.05) is 13.8 Å². The molecule has 0 bridgehead atoms. The first-order valence-electron chi connectivity index (χ1n) is 11.8. The summed E-state index contributed by atoms with van der Waals surface area (Å²) in [5, 5.41) is 10.0. The molecule has 0 aliphatic heterocycles. The zero-order valence-corrected chi connectivity index (χ0v) is 22.8. The van der Waals surface area contributed by atoms with Crippen molar-refractivity contribution in [3.05, 3.63) is 34.1 Å². The van der Waals surface area contributed by atoms with Crippen molar-refractivity contribution in [2.24, 2.45) is 28.1 Å². The third kappa shape index (κ3) is 12.0. The number of hydrogen-bond acceptors (Lipinski definition) is 6. The van der Waals surface area contributed by atoms with E-state index in [1.54, 1.807) is 13.8 Å². The Morgan fingerprint density at radius 3 is 2.32 bits per heavy atom. The molecule has 38 heavy (non-hydrogen) atoms. The molecule has 0 saturated carbocycles. The number of amides is 5. The molecule has 0 heterocycles. The summed E-state index contributed by atoms with van der Waals surface area (Å²) in [6.45, 7) is 3.17. The number of halogens is 2. The number of aliphatic imine (C=N–C) groups is 1. The quantitative estimate of drug-likeness (QED) is 0.0754. The normalized spacial score (nSPS) is 12.1. The van der Waals surface area contributed by atoms with Gasteiger partial charge >= 0.3 is 0 Å². The van der Waals surface area contributed by atoms with Gasteiger partial charge in [-0.15, -0.1) is 0 Å². The number of primary amides is 1. The zero-order valence-electron chi connectivity index (χ0n) is 21.2. The second-order valence-electron chi connectivity index (χ2n) is 8.61. The Labute approximate surface area is 228 Å². The van der Waals surface area contributed by atoms with Crippen LogP contribution in [0.2, 0.25) is 0 Å². The van der Waals surface area contributed by atoms with Gasteiger partial charge in [0.1, 0.15) is 17.9 Å². The molecule has 1 aromatic carbocycles. The summed E-state index contributed by atoms with van der Waals surface area (Å²) >= 11 is 3.18. The molecule has 0 aliphatic carbocycles. The highest BCUT2D eigenvalue weighted by Gasteiger charge is 2.26. The first kappa shape index (κ1) is 32.3. The number of benzene rings is 1. The lowest BCUT2D eigenvalue weighted by atomic mass is 10.0. The van der Waals surface area contributed by atoms with Crippen LogP contribution in [0.1, 0.15) is 43.5 Å². The van der Waals surface area contributed by atoms with Crippen molar-refractivity contribution in [2.45, 2.75) is 45.2 Å². The van der Waals surface area contributed by atoms with Gasteiger partial charge in [0, 0.05) is 24.0 Å². The Hall–Kier alpha value is -3.75. The molecule has 210 valence electrons. The molecule has 0 saturated heterocycles. The van der Waals surface area contributed by atoms with Crippen LogP contribution >= 0.6 is 15.9 Å². The highest BCUT2D eigenvalue weighted by molar-refractivity contribution is 9.10. The van der Waals surface area contributed by atoms with Crippen LogP contribution in [0.15, 0.2) is 27.7 Å². The zero-order chi connectivity index (χ0) is 28.8. The number of carbonyl (C=O) groups is 5. The van der Waals surface area contributed by atoms with Crippen LogP contribution < -0.4 is 38.5 Å². The van der Waals surface area contributed by atoms with Crippen molar-refractivity contribution < 1.29 is 28.4 Å². The molecular weight excluding hydrogens is 566 g/mol. The van der Waals surface area contributed by atoms with E-state index in [9.17, 15) is 28.4 Å². The van der Waals surface area contributed by atoms with Crippen molar-refractivity contribution in [1.82, 2.24) is 21.3 Å². The van der Waals surface area contributed by atoms with Crippen LogP contribution in [-0.2, 0) is 19.2 Å². The maximum Gasteiger partial charge on any atom is 0.253 e. The second-order valence-corrected chi connectivity index (χ2v) is 9.47. The summed E-state index contributed by atoms with van der Waals surface area (Å²) in [4.78, 5) is 64.9. The van der Waals surface area contributed by atoms with Crippen molar-refractivity contribution in [2.75, 3.05) is 19.6 Å². The van der Waals surface area contributed by atoms with Gasteiger partial charge in [0.25, 0.3) is 5.91 Å². The summed E-state index contributed by atoms with van der Waals surface area (Å²) in [5.41, 5.74) is 15.6. The number of nitrogens with one attached hydrogen (secondary N) is 4. The SMILES string of the molecule is CC(C)[C@H](NC(=O)c1cc([18F])ccc1Br)C(=O)NCCC(=O)N[C@@H](CCCN=C(N)N)C(=O)NCC(N)=O. The van der Waals surface area contributed by atoms with Crippen LogP contribution in [-0.4, -0.2) is 67.2 Å². The van der Waals surface area contributed by atoms with Crippen molar-refractivity contribution in [1.29, 1.82) is 0 Å². The van der Waals surface area contributed by atoms with Crippen LogP contribution in [0.3, 0.4) is 0 Å². The first-order valence-corrected chi connectivity index (χ1v) is 12.6. The Balaban J connectivity index is 2.69. The molecule has 13 nitrogen and oxygen atoms in total. The number of carbonyl (C=O) groups excluding carboxylic acids is 5. The topological polar surface area (TPSA) is 224 Å². The van der Waals surface area contributed by atoms with Gasteiger partial charge in [-0.25, -0.2) is 4.39 Å². The standard InChI is InChI=1S/C23H34BrFN8O5/c1-12(2)19(33-20(36)14-10-13(25)5-6-15(14)24)22(38)29-9-7-18(35)32-16(4-3-8-30-23(27)28)21(37)31-11-17(26)34/h5-6,10,12,16,19H,3-4,7-9,11H2,1-2H3,(H2,26,34)(H,29,38)(H,31,37)(H,32,35)(H,33,36)(H4,27,28,30)/t16-,19-/m0/s1/i25-1. The smallest absolute Gasteiger partial charge is 0.253 e. The monoisotopic (exact) mass is 599 g/mol. The van der Waals surface area contributed by atoms with Gasteiger partial charge in [-0.05, 0) is 52.9 Å². The van der Waals surface area contributed by atoms with E-state index in [0.29, 0.717) is 10.9 Å². The fourth-order valence-electron chi connectivity index (χ4n) is 3.17. The molecule has 2 atom stereocenters. The molecule has 15 heteroatoms. The van der Waals surface area contributed by atoms with Gasteiger partial charge < -0.3 is 38.5 Å². The molecule has 0 fully saturated rings. The summed E-state index contributed by atoms with van der Waals surface area (Å²) in [6, 6.07) is 1.68. The maximum absolute atomic E-state index is 13.6. The predicted octanol–water partition coefficient (Wildman–Crippen LogP) is -1.01. The summed E-state index contributed by atoms with van der Waals surface area (Å²) in [6.07, 6.45) is 0.366. The minimum atomic E-state index is -0.987. The van der Waals surface area contributed by atoms with Crippen LogP contribution in [0.4, 0.5) is 4.39 Å². The minimum Gasteiger partial charge on any atom is -0.370 e. The molecule has 10 N–H and O–H groups in total. The van der Waals surface area contributed by atoms with Gasteiger partial charge in [0.2, 0.25) is 23.6 Å². The van der Waals surface area contributed by atoms with Crippen LogP contribution in [0.5, 0.6) is 0 Å². The van der Waals surface area contributed by atoms with E-state index < -0.39 is 54.0 Å². The van der Waals surface area contributed by atoms with Crippen molar-refractivity contribution >= 4 is 51.4 Å². The van der Waals surface area contributed by atoms with E-state index in [0.717, 1.165) is 6.07 Å². The summed E-state index contributed by atoms with van der Waals surface area (Å²) in [7, 11) is 0. The Kier molecular flexibility index (Phi) is 13.7. The number of nitrogens with zero attached hydrogens (tertiary/aromatic N) is 1. The molecule has 1 rings (SSSR count). The van der Waals surface area contributed by atoms with E-state index in [1.165, 1.54) is 12.1 Å². The fraction of sp³-hybridized carbons (Fsp3) is 0.478. The average molecular weight is 600 g/mol. The van der Waals surface area contributed by atoms with Gasteiger partial charge in [-0.3, -0.25) is 29.0 Å². The average Bonchev–Trinajstić information content (AvgIpc) is 2.83. The Morgan fingerprint density at radius 2 is 1.71 bits per heavy atom. The first-order chi connectivity index (χ1) is 17.8. The van der Waals surface area contributed by atoms with E-state index in [4.69, 9.17) is 17.2 Å². The number of nitrogens with two attached hydrogens (primary N) is 3. The highest BCUT2D eigenvalue weighted by atomic mass is 79.9. The van der Waals surface area contributed by atoms with E-state index >= 15 is 0 Å². The molecule has 5 amide bonds. The minimum absolute atomic E-state index is 0.0309. The lowest BCUT2D eigenvalue weighted by Gasteiger charge is -2.22. The molecule has 1 aromatic rings. The third-order valence-corrected chi connectivity index (χ3v) is 5.79. The number of guanidine groups is 1. The van der Waals surface area contributed by atoms with Gasteiger partial charge in [-0.2, -0.15) is 0 Å². The summed E-state index contributed by atoms with van der Waals surface area (Å²) in [5.74, 6) is -4.12. The second kappa shape index (κ2) is 16.2. The van der Waals surface area contributed by atoms with Gasteiger partial charge in [0.05, 0.1) is 12.1 Å². The number of rotatable bonds is 15. The van der Waals surface area contributed by atoms with E-state index in [-0.39, 0.29) is 43.4 Å². The van der Waals surface area contributed by atoms with Crippen LogP contribution in [0.25, 0.3) is 0 Å². The van der Waals surface area contributed by atoms with E-state index in [1.807, 2.05) is 0 Å². The molecular formula is C23H34BrFN8O5. The van der Waals surface area contributed by atoms with Crippen molar-refractivity contribution in [3.63, 3.8) is 0 Å². The Bertz CT molecular complexity index is 1050. The van der Waals surface area contributed by atoms with E-state index in [2.05, 4.69) is 42.2 Å². The lowest BCUT2D eigenvalue weighted by molar-refractivity contribution is -0.130. The Morgan fingerprint density at radius 1 is 1.03 bits per heavy atom. The fourth-order valence-corrected chi connectivity index (χ4v) is 3.60. The predicted molar refractivity (Wildman–Crippen MR) is 142 cm³/mol. The summed E-state index contributed by atoms with van der Waals surface area (Å²) < 4.78 is 13.9. The maximum atomic E-state index is 13.6. The molecule has 0 unspecified atom stereocenters. The lowest BCUT2D eigenvalue weighted by Crippen LogP contribution is -2.51. The molecule has 0 radical (unpaired) electrons. The highest BCUT2D eigenvalue weighted by Crippen LogP contribution is 2.18. The van der Waals surface area contributed by atoms with Gasteiger partial charge in [0.15, 0.2) is 5.96 Å². The molecule has 0 spiro atoms. The molecule has 0 aliphatic rings. The number of hydrogen-bond donors (Lipinski definition) is 7. The third-order valence-electron chi connectivity index (χ3n) is 5.09. The molecule has 0 aromatic heterocycles.